The Labute approximate surface area is 205 Å². The van der Waals surface area contributed by atoms with Gasteiger partial charge in [0.2, 0.25) is 0 Å². The lowest BCUT2D eigenvalue weighted by Gasteiger charge is -2.18. The van der Waals surface area contributed by atoms with Crippen molar-refractivity contribution in [3.8, 4) is 22.6 Å². The Morgan fingerprint density at radius 1 is 0.941 bits per heavy atom. The second-order valence-corrected chi connectivity index (χ2v) is 9.04. The van der Waals surface area contributed by atoms with Crippen molar-refractivity contribution in [1.29, 1.82) is 0 Å². The van der Waals surface area contributed by atoms with E-state index in [2.05, 4.69) is 82.5 Å². The SMILES string of the molecule is C=C/C=C(\C=C)c1cc(COc2ccc(C(C)CC(C)C)cc2)cc(-c2ccccc2)c1OC. The van der Waals surface area contributed by atoms with Crippen LogP contribution in [0.25, 0.3) is 16.7 Å². The molecule has 2 heteroatoms. The summed E-state index contributed by atoms with van der Waals surface area (Å²) in [5, 5.41) is 0. The highest BCUT2D eigenvalue weighted by Crippen LogP contribution is 2.38. The number of rotatable bonds is 11. The fourth-order valence-electron chi connectivity index (χ4n) is 4.34. The Bertz CT molecular complexity index is 1120. The van der Waals surface area contributed by atoms with Crippen LogP contribution in [0.15, 0.2) is 98.1 Å². The molecule has 0 saturated heterocycles. The predicted molar refractivity (Wildman–Crippen MR) is 145 cm³/mol. The third-order valence-electron chi connectivity index (χ3n) is 5.95. The second-order valence-electron chi connectivity index (χ2n) is 9.04. The summed E-state index contributed by atoms with van der Waals surface area (Å²) in [5.74, 6) is 2.90. The lowest BCUT2D eigenvalue weighted by molar-refractivity contribution is 0.306. The highest BCUT2D eigenvalue weighted by atomic mass is 16.5. The zero-order chi connectivity index (χ0) is 24.5. The third-order valence-corrected chi connectivity index (χ3v) is 5.95. The molecule has 0 spiro atoms. The summed E-state index contributed by atoms with van der Waals surface area (Å²) in [6, 6.07) is 23.0. The fraction of sp³-hybridized carbons (Fsp3) is 0.250. The summed E-state index contributed by atoms with van der Waals surface area (Å²) in [6.45, 7) is 15.1. The number of methoxy groups -OCH3 is 1. The first-order valence-corrected chi connectivity index (χ1v) is 11.9. The van der Waals surface area contributed by atoms with Crippen molar-refractivity contribution in [2.45, 2.75) is 39.7 Å². The minimum absolute atomic E-state index is 0.455. The van der Waals surface area contributed by atoms with E-state index in [4.69, 9.17) is 9.47 Å². The smallest absolute Gasteiger partial charge is 0.134 e. The molecule has 34 heavy (non-hydrogen) atoms. The molecule has 176 valence electrons. The number of allylic oxidation sites excluding steroid dienone is 4. The van der Waals surface area contributed by atoms with E-state index in [1.54, 1.807) is 13.2 Å². The normalized spacial score (nSPS) is 12.3. The number of hydrogen-bond donors (Lipinski definition) is 0. The molecule has 0 heterocycles. The van der Waals surface area contributed by atoms with E-state index in [9.17, 15) is 0 Å². The van der Waals surface area contributed by atoms with Crippen LogP contribution < -0.4 is 9.47 Å². The van der Waals surface area contributed by atoms with Gasteiger partial charge in [0.25, 0.3) is 0 Å². The Morgan fingerprint density at radius 2 is 1.65 bits per heavy atom. The topological polar surface area (TPSA) is 18.5 Å². The van der Waals surface area contributed by atoms with Gasteiger partial charge in [-0.3, -0.25) is 0 Å². The van der Waals surface area contributed by atoms with Gasteiger partial charge in [-0.25, -0.2) is 0 Å². The van der Waals surface area contributed by atoms with Crippen molar-refractivity contribution < 1.29 is 9.47 Å². The van der Waals surface area contributed by atoms with Crippen molar-refractivity contribution in [3.63, 3.8) is 0 Å². The summed E-state index contributed by atoms with van der Waals surface area (Å²) in [6.07, 6.45) is 6.72. The molecule has 0 aliphatic rings. The first-order chi connectivity index (χ1) is 16.5. The Kier molecular flexibility index (Phi) is 8.93. The van der Waals surface area contributed by atoms with Crippen molar-refractivity contribution in [2.75, 3.05) is 7.11 Å². The van der Waals surface area contributed by atoms with Gasteiger partial charge in [0.15, 0.2) is 0 Å². The Hall–Kier alpha value is -3.52. The van der Waals surface area contributed by atoms with Crippen LogP contribution in [0.1, 0.15) is 49.8 Å². The van der Waals surface area contributed by atoms with Crippen LogP contribution in [0.3, 0.4) is 0 Å². The molecule has 1 atom stereocenters. The lowest BCUT2D eigenvalue weighted by atomic mass is 9.92. The van der Waals surface area contributed by atoms with Crippen LogP contribution in [-0.2, 0) is 6.61 Å². The summed E-state index contributed by atoms with van der Waals surface area (Å²) in [7, 11) is 1.71. The van der Waals surface area contributed by atoms with E-state index in [0.717, 1.165) is 39.3 Å². The standard InChI is InChI=1S/C32H36O2/c1-7-12-26(8-2)30-20-25(21-31(32(30)33-6)28-13-10-9-11-14-28)22-34-29-17-15-27(16-18-29)24(5)19-23(3)4/h7-18,20-21,23-24H,1-2,19,22H2,3-6H3/b26-12+. The molecule has 0 radical (unpaired) electrons. The monoisotopic (exact) mass is 452 g/mol. The van der Waals surface area contributed by atoms with Gasteiger partial charge >= 0.3 is 0 Å². The molecule has 0 aromatic heterocycles. The predicted octanol–water partition coefficient (Wildman–Crippen LogP) is 8.85. The molecule has 0 saturated carbocycles. The van der Waals surface area contributed by atoms with E-state index in [1.807, 2.05) is 30.4 Å². The molecule has 3 aromatic carbocycles. The van der Waals surface area contributed by atoms with Crippen LogP contribution in [0, 0.1) is 5.92 Å². The maximum absolute atomic E-state index is 6.19. The molecule has 3 rings (SSSR count). The zero-order valence-electron chi connectivity index (χ0n) is 20.9. The van der Waals surface area contributed by atoms with Gasteiger partial charge in [0.1, 0.15) is 18.1 Å². The maximum atomic E-state index is 6.19. The molecule has 0 amide bonds. The van der Waals surface area contributed by atoms with E-state index >= 15 is 0 Å². The number of ether oxygens (including phenoxy) is 2. The number of benzene rings is 3. The molecule has 0 aliphatic carbocycles. The van der Waals surface area contributed by atoms with Crippen LogP contribution in [-0.4, -0.2) is 7.11 Å². The third kappa shape index (κ3) is 6.29. The molecular formula is C32H36O2. The molecule has 0 bridgehead atoms. The Balaban J connectivity index is 1.93. The molecule has 3 aromatic rings. The van der Waals surface area contributed by atoms with Crippen LogP contribution in [0.4, 0.5) is 0 Å². The number of hydrogen-bond acceptors (Lipinski definition) is 2. The van der Waals surface area contributed by atoms with Gasteiger partial charge in [-0.05, 0) is 64.8 Å². The van der Waals surface area contributed by atoms with Crippen molar-refractivity contribution in [1.82, 2.24) is 0 Å². The Morgan fingerprint density at radius 3 is 2.24 bits per heavy atom. The molecular weight excluding hydrogens is 416 g/mol. The second kappa shape index (κ2) is 12.1. The van der Waals surface area contributed by atoms with Crippen LogP contribution in [0.5, 0.6) is 11.5 Å². The first-order valence-electron chi connectivity index (χ1n) is 11.9. The van der Waals surface area contributed by atoms with E-state index in [-0.39, 0.29) is 0 Å². The van der Waals surface area contributed by atoms with Gasteiger partial charge in [-0.1, -0.05) is 94.6 Å². The quantitative estimate of drug-likeness (QED) is 0.271. The van der Waals surface area contributed by atoms with Crippen LogP contribution >= 0.6 is 0 Å². The van der Waals surface area contributed by atoms with Crippen molar-refractivity contribution in [2.24, 2.45) is 5.92 Å². The minimum Gasteiger partial charge on any atom is -0.495 e. The van der Waals surface area contributed by atoms with E-state index in [0.29, 0.717) is 18.4 Å². The average Bonchev–Trinajstić information content (AvgIpc) is 2.85. The van der Waals surface area contributed by atoms with Crippen molar-refractivity contribution in [3.05, 3.63) is 115 Å². The highest BCUT2D eigenvalue weighted by Gasteiger charge is 2.16. The van der Waals surface area contributed by atoms with Gasteiger partial charge in [0.05, 0.1) is 7.11 Å². The average molecular weight is 453 g/mol. The molecule has 0 aliphatic heterocycles. The van der Waals surface area contributed by atoms with Gasteiger partial charge < -0.3 is 9.47 Å². The van der Waals surface area contributed by atoms with Gasteiger partial charge in [-0.15, -0.1) is 0 Å². The fourth-order valence-corrected chi connectivity index (χ4v) is 4.34. The molecule has 0 N–H and O–H groups in total. The first kappa shape index (κ1) is 25.1. The lowest BCUT2D eigenvalue weighted by Crippen LogP contribution is -2.01. The molecule has 2 nitrogen and oxygen atoms in total. The van der Waals surface area contributed by atoms with E-state index in [1.165, 1.54) is 12.0 Å². The maximum Gasteiger partial charge on any atom is 0.134 e. The molecule has 0 fully saturated rings. The minimum atomic E-state index is 0.455. The zero-order valence-corrected chi connectivity index (χ0v) is 20.9. The van der Waals surface area contributed by atoms with E-state index < -0.39 is 0 Å². The van der Waals surface area contributed by atoms with Gasteiger partial charge in [-0.2, -0.15) is 0 Å². The van der Waals surface area contributed by atoms with Gasteiger partial charge in [0, 0.05) is 11.1 Å². The van der Waals surface area contributed by atoms with Crippen LogP contribution in [0.2, 0.25) is 0 Å². The summed E-state index contributed by atoms with van der Waals surface area (Å²) < 4.78 is 12.1. The summed E-state index contributed by atoms with van der Waals surface area (Å²) in [5.41, 5.74) is 6.44. The molecule has 1 unspecified atom stereocenters. The van der Waals surface area contributed by atoms with Crippen molar-refractivity contribution >= 4 is 5.57 Å². The highest BCUT2D eigenvalue weighted by molar-refractivity contribution is 5.85. The summed E-state index contributed by atoms with van der Waals surface area (Å²) in [4.78, 5) is 0. The summed E-state index contributed by atoms with van der Waals surface area (Å²) >= 11 is 0. The largest absolute Gasteiger partial charge is 0.495 e.